The molecule has 1 aliphatic heterocycles. The third kappa shape index (κ3) is 4.27. The van der Waals surface area contributed by atoms with E-state index in [1.807, 2.05) is 13.8 Å². The van der Waals surface area contributed by atoms with Crippen molar-refractivity contribution in [2.45, 2.75) is 43.9 Å². The first kappa shape index (κ1) is 16.3. The van der Waals surface area contributed by atoms with Gasteiger partial charge < -0.3 is 4.74 Å². The summed E-state index contributed by atoms with van der Waals surface area (Å²) in [6.07, 6.45) is 2.02. The van der Waals surface area contributed by atoms with Crippen LogP contribution in [-0.4, -0.2) is 43.6 Å². The van der Waals surface area contributed by atoms with Gasteiger partial charge in [-0.1, -0.05) is 36.9 Å². The van der Waals surface area contributed by atoms with Crippen LogP contribution in [0, 0.1) is 0 Å². The number of carbonyl (C=O) groups is 1. The monoisotopic (exact) mass is 354 g/mol. The molecular formula is C13H18N6O2S2. The Balaban J connectivity index is 1.49. The minimum atomic E-state index is -0.152. The second-order valence-electron chi connectivity index (χ2n) is 5.44. The molecule has 1 fully saturated rings. The van der Waals surface area contributed by atoms with Crippen molar-refractivity contribution >= 4 is 34.1 Å². The molecule has 2 N–H and O–H groups in total. The van der Waals surface area contributed by atoms with Crippen molar-refractivity contribution < 1.29 is 9.53 Å². The predicted octanol–water partition coefficient (Wildman–Crippen LogP) is 2.36. The fourth-order valence-corrected chi connectivity index (χ4v) is 3.50. The van der Waals surface area contributed by atoms with Crippen molar-refractivity contribution in [1.29, 1.82) is 0 Å². The van der Waals surface area contributed by atoms with E-state index in [1.54, 1.807) is 0 Å². The van der Waals surface area contributed by atoms with Crippen LogP contribution in [0.2, 0.25) is 0 Å². The van der Waals surface area contributed by atoms with Gasteiger partial charge in [-0.25, -0.2) is 4.98 Å². The van der Waals surface area contributed by atoms with Gasteiger partial charge in [0.05, 0.1) is 5.75 Å². The lowest BCUT2D eigenvalue weighted by molar-refractivity contribution is -0.113. The van der Waals surface area contributed by atoms with E-state index in [-0.39, 0.29) is 23.7 Å². The first-order valence-corrected chi connectivity index (χ1v) is 9.22. The topological polar surface area (TPSA) is 106 Å². The summed E-state index contributed by atoms with van der Waals surface area (Å²) in [5, 5.41) is 19.7. The second kappa shape index (κ2) is 7.37. The maximum atomic E-state index is 12.0. The second-order valence-corrected chi connectivity index (χ2v) is 7.39. The van der Waals surface area contributed by atoms with Crippen LogP contribution in [0.4, 0.5) is 5.13 Å². The van der Waals surface area contributed by atoms with E-state index in [0.717, 1.165) is 30.3 Å². The van der Waals surface area contributed by atoms with Crippen LogP contribution in [0.5, 0.6) is 0 Å². The fraction of sp³-hybridized carbons (Fsp3) is 0.615. The van der Waals surface area contributed by atoms with Crippen LogP contribution >= 0.6 is 23.1 Å². The maximum absolute atomic E-state index is 12.0. The Morgan fingerprint density at radius 1 is 1.52 bits per heavy atom. The largest absolute Gasteiger partial charge is 0.371 e. The van der Waals surface area contributed by atoms with Gasteiger partial charge in [-0.2, -0.15) is 0 Å². The number of H-pyrrole nitrogens is 1. The molecule has 3 heterocycles. The maximum Gasteiger partial charge on any atom is 0.236 e. The van der Waals surface area contributed by atoms with Crippen molar-refractivity contribution in [3.63, 3.8) is 0 Å². The van der Waals surface area contributed by atoms with E-state index in [1.165, 1.54) is 23.1 Å². The number of nitrogens with one attached hydrogen (secondary N) is 2. The van der Waals surface area contributed by atoms with Crippen molar-refractivity contribution in [2.24, 2.45) is 0 Å². The lowest BCUT2D eigenvalue weighted by Crippen LogP contribution is -2.13. The van der Waals surface area contributed by atoms with E-state index >= 15 is 0 Å². The molecule has 2 aromatic rings. The molecule has 3 rings (SSSR count). The molecule has 10 heteroatoms. The highest BCUT2D eigenvalue weighted by Gasteiger charge is 2.22. The molecule has 1 atom stereocenters. The number of nitrogens with zero attached hydrogens (tertiary/aromatic N) is 4. The van der Waals surface area contributed by atoms with Gasteiger partial charge in [-0.05, 0) is 12.8 Å². The van der Waals surface area contributed by atoms with Crippen molar-refractivity contribution in [1.82, 2.24) is 25.4 Å². The van der Waals surface area contributed by atoms with Crippen LogP contribution in [-0.2, 0) is 9.53 Å². The van der Waals surface area contributed by atoms with E-state index in [9.17, 15) is 4.79 Å². The molecule has 0 radical (unpaired) electrons. The third-order valence-electron chi connectivity index (χ3n) is 3.25. The van der Waals surface area contributed by atoms with Gasteiger partial charge in [0.15, 0.2) is 0 Å². The van der Waals surface area contributed by atoms with E-state index in [0.29, 0.717) is 10.3 Å². The van der Waals surface area contributed by atoms with Gasteiger partial charge in [0, 0.05) is 12.5 Å². The molecule has 8 nitrogen and oxygen atoms in total. The number of aromatic amines is 1. The average molecular weight is 354 g/mol. The molecule has 1 unspecified atom stereocenters. The molecular weight excluding hydrogens is 336 g/mol. The van der Waals surface area contributed by atoms with Gasteiger partial charge in [0.25, 0.3) is 0 Å². The van der Waals surface area contributed by atoms with Crippen LogP contribution < -0.4 is 5.32 Å². The number of anilines is 1. The summed E-state index contributed by atoms with van der Waals surface area (Å²) in [7, 11) is 0. The Morgan fingerprint density at radius 2 is 2.39 bits per heavy atom. The summed E-state index contributed by atoms with van der Waals surface area (Å²) in [4.78, 5) is 16.3. The number of aromatic nitrogens is 5. The van der Waals surface area contributed by atoms with Crippen molar-refractivity contribution in [3.05, 3.63) is 10.8 Å². The zero-order chi connectivity index (χ0) is 16.2. The summed E-state index contributed by atoms with van der Waals surface area (Å²) in [5.41, 5.74) is 0. The Labute approximate surface area is 141 Å². The van der Waals surface area contributed by atoms with Crippen molar-refractivity contribution in [2.75, 3.05) is 17.7 Å². The zero-order valence-electron chi connectivity index (χ0n) is 12.9. The van der Waals surface area contributed by atoms with Gasteiger partial charge in [0.2, 0.25) is 16.2 Å². The molecule has 2 aromatic heterocycles. The SMILES string of the molecule is CC(C)c1nc(SCC(=O)Nc2nnc(C3CCCO3)s2)n[nH]1. The molecule has 23 heavy (non-hydrogen) atoms. The van der Waals surface area contributed by atoms with Gasteiger partial charge in [-0.15, -0.1) is 15.3 Å². The third-order valence-corrected chi connectivity index (χ3v) is 5.03. The average Bonchev–Trinajstić information content (AvgIpc) is 3.25. The van der Waals surface area contributed by atoms with E-state index in [4.69, 9.17) is 4.74 Å². The van der Waals surface area contributed by atoms with E-state index in [2.05, 4.69) is 30.7 Å². The van der Waals surface area contributed by atoms with Gasteiger partial charge in [0.1, 0.15) is 16.9 Å². The minimum absolute atomic E-state index is 0.0234. The predicted molar refractivity (Wildman–Crippen MR) is 87.7 cm³/mol. The lowest BCUT2D eigenvalue weighted by atomic mass is 10.2. The lowest BCUT2D eigenvalue weighted by Gasteiger charge is -2.02. The number of hydrogen-bond acceptors (Lipinski definition) is 8. The van der Waals surface area contributed by atoms with Crippen LogP contribution in [0.3, 0.4) is 0 Å². The first-order valence-electron chi connectivity index (χ1n) is 7.42. The Kier molecular flexibility index (Phi) is 5.23. The molecule has 0 bridgehead atoms. The number of hydrogen-bond donors (Lipinski definition) is 2. The Hall–Kier alpha value is -1.52. The molecule has 1 amide bonds. The summed E-state index contributed by atoms with van der Waals surface area (Å²) < 4.78 is 5.56. The summed E-state index contributed by atoms with van der Waals surface area (Å²) in [5.74, 6) is 1.17. The number of ether oxygens (including phenoxy) is 1. The van der Waals surface area contributed by atoms with Crippen LogP contribution in [0.25, 0.3) is 0 Å². The quantitative estimate of drug-likeness (QED) is 0.767. The molecule has 124 valence electrons. The van der Waals surface area contributed by atoms with Crippen molar-refractivity contribution in [3.8, 4) is 0 Å². The Bertz CT molecular complexity index is 665. The standard InChI is InChI=1S/C13H18N6O2S2/c1-7(2)10-15-12(18-16-10)22-6-9(20)14-13-19-17-11(23-13)8-4-3-5-21-8/h7-8H,3-6H2,1-2H3,(H,14,19,20)(H,15,16,18). The number of rotatable bonds is 6. The fourth-order valence-electron chi connectivity index (χ4n) is 2.05. The smallest absolute Gasteiger partial charge is 0.236 e. The highest BCUT2D eigenvalue weighted by atomic mass is 32.2. The number of carbonyl (C=O) groups excluding carboxylic acids is 1. The number of thioether (sulfide) groups is 1. The highest BCUT2D eigenvalue weighted by molar-refractivity contribution is 7.99. The minimum Gasteiger partial charge on any atom is -0.371 e. The summed E-state index contributed by atoms with van der Waals surface area (Å²) >= 11 is 2.65. The van der Waals surface area contributed by atoms with Gasteiger partial charge >= 0.3 is 0 Å². The molecule has 0 aliphatic carbocycles. The Morgan fingerprint density at radius 3 is 3.09 bits per heavy atom. The zero-order valence-corrected chi connectivity index (χ0v) is 14.5. The van der Waals surface area contributed by atoms with Crippen LogP contribution in [0.15, 0.2) is 5.16 Å². The van der Waals surface area contributed by atoms with E-state index < -0.39 is 0 Å². The normalized spacial score (nSPS) is 17.8. The summed E-state index contributed by atoms with van der Waals surface area (Å²) in [6, 6.07) is 0. The molecule has 0 aromatic carbocycles. The van der Waals surface area contributed by atoms with Crippen LogP contribution in [0.1, 0.15) is 49.5 Å². The molecule has 1 saturated heterocycles. The number of amides is 1. The summed E-state index contributed by atoms with van der Waals surface area (Å²) in [6.45, 7) is 4.82. The molecule has 1 aliphatic rings. The first-order chi connectivity index (χ1) is 11.1. The molecule has 0 spiro atoms. The molecule has 0 saturated carbocycles. The highest BCUT2D eigenvalue weighted by Crippen LogP contribution is 2.31. The van der Waals surface area contributed by atoms with Gasteiger partial charge in [-0.3, -0.25) is 15.2 Å².